The van der Waals surface area contributed by atoms with Crippen molar-refractivity contribution in [1.29, 1.82) is 0 Å². The highest BCUT2D eigenvalue weighted by Gasteiger charge is 2.40. The van der Waals surface area contributed by atoms with Gasteiger partial charge in [0.25, 0.3) is 0 Å². The summed E-state index contributed by atoms with van der Waals surface area (Å²) in [5.74, 6) is 1.44. The fourth-order valence-electron chi connectivity index (χ4n) is 4.06. The quantitative estimate of drug-likeness (QED) is 0.769. The number of ether oxygens (including phenoxy) is 1. The predicted molar refractivity (Wildman–Crippen MR) is 71.6 cm³/mol. The molecule has 1 aromatic carbocycles. The third-order valence-corrected chi connectivity index (χ3v) is 5.19. The van der Waals surface area contributed by atoms with Gasteiger partial charge in [-0.2, -0.15) is 0 Å². The standard InChI is InChI=1S/C16H20FNO/c17-16-3-1-2-11-4-5-14(6-15(11)16)18-7-12-9-19-10-13(12)8-18/h1-3,12-14H,4-10H2. The molecule has 2 nitrogen and oxygen atoms in total. The lowest BCUT2D eigenvalue weighted by molar-refractivity contribution is 0.134. The van der Waals surface area contributed by atoms with Crippen LogP contribution in [0.2, 0.25) is 0 Å². The van der Waals surface area contributed by atoms with Gasteiger partial charge in [-0.1, -0.05) is 12.1 Å². The van der Waals surface area contributed by atoms with Gasteiger partial charge in [-0.05, 0) is 36.5 Å². The number of likely N-dealkylation sites (tertiary alicyclic amines) is 1. The Morgan fingerprint density at radius 2 is 1.95 bits per heavy atom. The minimum Gasteiger partial charge on any atom is -0.381 e. The van der Waals surface area contributed by atoms with E-state index in [1.165, 1.54) is 12.0 Å². The largest absolute Gasteiger partial charge is 0.381 e. The van der Waals surface area contributed by atoms with Crippen molar-refractivity contribution in [1.82, 2.24) is 4.90 Å². The maximum Gasteiger partial charge on any atom is 0.126 e. The van der Waals surface area contributed by atoms with Crippen LogP contribution < -0.4 is 0 Å². The first-order chi connectivity index (χ1) is 9.31. The van der Waals surface area contributed by atoms with Crippen LogP contribution in [-0.2, 0) is 17.6 Å². The summed E-state index contributed by atoms with van der Waals surface area (Å²) in [5.41, 5.74) is 2.19. The Kier molecular flexibility index (Phi) is 2.85. The van der Waals surface area contributed by atoms with Gasteiger partial charge in [0, 0.05) is 31.0 Å². The molecule has 0 saturated carbocycles. The van der Waals surface area contributed by atoms with E-state index in [1.54, 1.807) is 6.07 Å². The first-order valence-corrected chi connectivity index (χ1v) is 7.39. The highest BCUT2D eigenvalue weighted by molar-refractivity contribution is 5.32. The molecular weight excluding hydrogens is 241 g/mol. The molecule has 3 heteroatoms. The van der Waals surface area contributed by atoms with Crippen LogP contribution in [0.3, 0.4) is 0 Å². The van der Waals surface area contributed by atoms with E-state index < -0.39 is 0 Å². The van der Waals surface area contributed by atoms with Crippen LogP contribution in [0.15, 0.2) is 18.2 Å². The lowest BCUT2D eigenvalue weighted by Gasteiger charge is -2.33. The molecule has 2 aliphatic heterocycles. The van der Waals surface area contributed by atoms with E-state index in [2.05, 4.69) is 11.0 Å². The van der Waals surface area contributed by atoms with Gasteiger partial charge in [0.05, 0.1) is 13.2 Å². The molecule has 3 aliphatic rings. The van der Waals surface area contributed by atoms with Gasteiger partial charge < -0.3 is 4.74 Å². The summed E-state index contributed by atoms with van der Waals surface area (Å²) in [5, 5.41) is 0. The van der Waals surface area contributed by atoms with Crippen molar-refractivity contribution in [3.05, 3.63) is 35.1 Å². The smallest absolute Gasteiger partial charge is 0.126 e. The first-order valence-electron chi connectivity index (χ1n) is 7.39. The summed E-state index contributed by atoms with van der Waals surface area (Å²) >= 11 is 0. The minimum atomic E-state index is -0.00933. The normalized spacial score (nSPS) is 34.3. The van der Waals surface area contributed by atoms with Gasteiger partial charge in [0.15, 0.2) is 0 Å². The fourth-order valence-corrected chi connectivity index (χ4v) is 4.06. The van der Waals surface area contributed by atoms with Crippen LogP contribution in [0.5, 0.6) is 0 Å². The Balaban J connectivity index is 1.51. The summed E-state index contributed by atoms with van der Waals surface area (Å²) in [6, 6.07) is 6.07. The molecule has 0 bridgehead atoms. The highest BCUT2D eigenvalue weighted by Crippen LogP contribution is 2.34. The topological polar surface area (TPSA) is 12.5 Å². The number of benzene rings is 1. The van der Waals surface area contributed by atoms with Crippen molar-refractivity contribution >= 4 is 0 Å². The van der Waals surface area contributed by atoms with Crippen LogP contribution in [0.1, 0.15) is 17.5 Å². The van der Waals surface area contributed by atoms with Crippen LogP contribution in [0.4, 0.5) is 4.39 Å². The van der Waals surface area contributed by atoms with Gasteiger partial charge in [0.1, 0.15) is 5.82 Å². The van der Waals surface area contributed by atoms with E-state index in [0.717, 1.165) is 56.5 Å². The van der Waals surface area contributed by atoms with Crippen molar-refractivity contribution < 1.29 is 9.13 Å². The molecule has 0 radical (unpaired) electrons. The molecule has 0 aromatic heterocycles. The van der Waals surface area contributed by atoms with Crippen LogP contribution >= 0.6 is 0 Å². The van der Waals surface area contributed by atoms with Crippen LogP contribution in [0.25, 0.3) is 0 Å². The lowest BCUT2D eigenvalue weighted by atomic mass is 9.87. The van der Waals surface area contributed by atoms with Crippen molar-refractivity contribution in [2.45, 2.75) is 25.3 Å². The zero-order valence-electron chi connectivity index (χ0n) is 11.1. The number of halogens is 1. The van der Waals surface area contributed by atoms with E-state index >= 15 is 0 Å². The second kappa shape index (κ2) is 4.57. The Labute approximate surface area is 113 Å². The molecule has 1 aliphatic carbocycles. The molecule has 4 rings (SSSR count). The van der Waals surface area contributed by atoms with Gasteiger partial charge in [-0.15, -0.1) is 0 Å². The number of rotatable bonds is 1. The molecule has 2 heterocycles. The summed E-state index contributed by atoms with van der Waals surface area (Å²) in [7, 11) is 0. The Morgan fingerprint density at radius 3 is 2.74 bits per heavy atom. The van der Waals surface area contributed by atoms with Gasteiger partial charge in [0.2, 0.25) is 0 Å². The van der Waals surface area contributed by atoms with E-state index in [0.29, 0.717) is 6.04 Å². The van der Waals surface area contributed by atoms with Crippen LogP contribution in [0, 0.1) is 17.7 Å². The van der Waals surface area contributed by atoms with E-state index in [1.807, 2.05) is 6.07 Å². The SMILES string of the molecule is Fc1cccc2c1CC(N1CC3COCC3C1)CC2. The van der Waals surface area contributed by atoms with Crippen molar-refractivity contribution in [2.75, 3.05) is 26.3 Å². The second-order valence-electron chi connectivity index (χ2n) is 6.29. The summed E-state index contributed by atoms with van der Waals surface area (Å²) in [6.07, 6.45) is 3.10. The number of aryl methyl sites for hydroxylation is 1. The van der Waals surface area contributed by atoms with Gasteiger partial charge in [-0.3, -0.25) is 4.90 Å². The van der Waals surface area contributed by atoms with Crippen molar-refractivity contribution in [3.63, 3.8) is 0 Å². The van der Waals surface area contributed by atoms with E-state index in [9.17, 15) is 4.39 Å². The van der Waals surface area contributed by atoms with Crippen molar-refractivity contribution in [2.24, 2.45) is 11.8 Å². The number of nitrogens with zero attached hydrogens (tertiary/aromatic N) is 1. The predicted octanol–water partition coefficient (Wildman–Crippen LogP) is 2.26. The molecule has 1 aromatic rings. The molecule has 3 unspecified atom stereocenters. The van der Waals surface area contributed by atoms with Crippen LogP contribution in [-0.4, -0.2) is 37.2 Å². The summed E-state index contributed by atoms with van der Waals surface area (Å²) < 4.78 is 19.5. The zero-order valence-corrected chi connectivity index (χ0v) is 11.1. The molecule has 2 fully saturated rings. The molecule has 102 valence electrons. The summed E-state index contributed by atoms with van der Waals surface area (Å²) in [4.78, 5) is 2.59. The van der Waals surface area contributed by atoms with E-state index in [-0.39, 0.29) is 5.82 Å². The number of fused-ring (bicyclic) bond motifs is 2. The Bertz CT molecular complexity index is 478. The third kappa shape index (κ3) is 2.00. The first kappa shape index (κ1) is 11.9. The molecule has 0 N–H and O–H groups in total. The lowest BCUT2D eigenvalue weighted by Crippen LogP contribution is -2.39. The third-order valence-electron chi connectivity index (χ3n) is 5.19. The average Bonchev–Trinajstić information content (AvgIpc) is 2.99. The number of hydrogen-bond acceptors (Lipinski definition) is 2. The average molecular weight is 261 g/mol. The number of hydrogen-bond donors (Lipinski definition) is 0. The second-order valence-corrected chi connectivity index (χ2v) is 6.29. The van der Waals surface area contributed by atoms with E-state index in [4.69, 9.17) is 4.74 Å². The summed E-state index contributed by atoms with van der Waals surface area (Å²) in [6.45, 7) is 4.16. The molecular formula is C16H20FNO. The maximum absolute atomic E-state index is 13.9. The molecule has 3 atom stereocenters. The van der Waals surface area contributed by atoms with Gasteiger partial charge >= 0.3 is 0 Å². The molecule has 0 spiro atoms. The molecule has 0 amide bonds. The zero-order chi connectivity index (χ0) is 12.8. The van der Waals surface area contributed by atoms with Crippen molar-refractivity contribution in [3.8, 4) is 0 Å². The fraction of sp³-hybridized carbons (Fsp3) is 0.625. The minimum absolute atomic E-state index is 0.00933. The Hall–Kier alpha value is -0.930. The molecule has 2 saturated heterocycles. The molecule has 19 heavy (non-hydrogen) atoms. The maximum atomic E-state index is 13.9. The monoisotopic (exact) mass is 261 g/mol. The highest BCUT2D eigenvalue weighted by atomic mass is 19.1. The van der Waals surface area contributed by atoms with Gasteiger partial charge in [-0.25, -0.2) is 4.39 Å². The Morgan fingerprint density at radius 1 is 1.16 bits per heavy atom.